The van der Waals surface area contributed by atoms with Gasteiger partial charge in [-0.2, -0.15) is 0 Å². The molecule has 3 rings (SSSR count). The van der Waals surface area contributed by atoms with E-state index in [-0.39, 0.29) is 5.91 Å². The molecule has 110 valence electrons. The van der Waals surface area contributed by atoms with Gasteiger partial charge >= 0.3 is 0 Å². The molecule has 0 aliphatic heterocycles. The quantitative estimate of drug-likeness (QED) is 0.858. The van der Waals surface area contributed by atoms with Crippen molar-refractivity contribution >= 4 is 17.2 Å². The van der Waals surface area contributed by atoms with Gasteiger partial charge in [0.15, 0.2) is 5.13 Å². The van der Waals surface area contributed by atoms with E-state index in [1.807, 2.05) is 34.5 Å². The lowest BCUT2D eigenvalue weighted by atomic mass is 9.97. The topological polar surface area (TPSA) is 46.9 Å². The number of hydrogen-bond acceptors (Lipinski definition) is 3. The highest BCUT2D eigenvalue weighted by molar-refractivity contribution is 7.12. The van der Waals surface area contributed by atoms with E-state index in [4.69, 9.17) is 0 Å². The lowest BCUT2D eigenvalue weighted by Crippen LogP contribution is -2.25. The minimum Gasteiger partial charge on any atom is -0.350 e. The molecule has 1 aliphatic rings. The van der Waals surface area contributed by atoms with E-state index in [0.29, 0.717) is 12.2 Å². The van der Waals surface area contributed by atoms with Crippen LogP contribution in [0.1, 0.15) is 42.6 Å². The summed E-state index contributed by atoms with van der Waals surface area (Å²) in [6, 6.07) is 3.89. The molecule has 0 aromatic carbocycles. The summed E-state index contributed by atoms with van der Waals surface area (Å²) in [5.41, 5.74) is 1.98. The second-order valence-electron chi connectivity index (χ2n) is 5.22. The molecule has 0 radical (unpaired) electrons. The zero-order chi connectivity index (χ0) is 14.5. The lowest BCUT2D eigenvalue weighted by Gasteiger charge is -2.12. The third-order valence-corrected chi connectivity index (χ3v) is 4.52. The number of amides is 1. The number of hydrogen-bond donors (Lipinski definition) is 1. The first kappa shape index (κ1) is 14.1. The van der Waals surface area contributed by atoms with Crippen LogP contribution >= 0.6 is 11.3 Å². The van der Waals surface area contributed by atoms with Gasteiger partial charge in [0.25, 0.3) is 5.91 Å². The molecule has 0 fully saturated rings. The molecule has 0 saturated heterocycles. The van der Waals surface area contributed by atoms with Crippen molar-refractivity contribution in [1.29, 1.82) is 0 Å². The molecule has 1 aliphatic carbocycles. The van der Waals surface area contributed by atoms with E-state index < -0.39 is 0 Å². The Balaban J connectivity index is 1.52. The maximum atomic E-state index is 12.1. The van der Waals surface area contributed by atoms with Gasteiger partial charge in [0.2, 0.25) is 0 Å². The van der Waals surface area contributed by atoms with Crippen LogP contribution in [0, 0.1) is 0 Å². The average molecular weight is 301 g/mol. The van der Waals surface area contributed by atoms with Gasteiger partial charge in [0, 0.05) is 24.3 Å². The van der Waals surface area contributed by atoms with Gasteiger partial charge in [-0.25, -0.2) is 4.98 Å². The summed E-state index contributed by atoms with van der Waals surface area (Å²) in [5.74, 6) is -0.0823. The van der Waals surface area contributed by atoms with E-state index >= 15 is 0 Å². The average Bonchev–Trinajstić information content (AvgIpc) is 3.19. The van der Waals surface area contributed by atoms with Crippen molar-refractivity contribution in [2.75, 3.05) is 6.54 Å². The molecule has 1 N–H and O–H groups in total. The van der Waals surface area contributed by atoms with Crippen molar-refractivity contribution in [3.63, 3.8) is 0 Å². The van der Waals surface area contributed by atoms with Crippen LogP contribution < -0.4 is 5.32 Å². The Morgan fingerprint density at radius 2 is 2.19 bits per heavy atom. The summed E-state index contributed by atoms with van der Waals surface area (Å²) in [5, 5.41) is 5.59. The molecule has 0 atom stereocenters. The molecule has 5 heteroatoms. The molecular weight excluding hydrogens is 282 g/mol. The summed E-state index contributed by atoms with van der Waals surface area (Å²) in [4.78, 5) is 16.4. The van der Waals surface area contributed by atoms with Crippen molar-refractivity contribution < 1.29 is 4.79 Å². The van der Waals surface area contributed by atoms with E-state index in [1.54, 1.807) is 0 Å². The minimum absolute atomic E-state index is 0.0823. The molecule has 21 heavy (non-hydrogen) atoms. The largest absolute Gasteiger partial charge is 0.350 e. The van der Waals surface area contributed by atoms with E-state index in [1.165, 1.54) is 42.6 Å². The van der Waals surface area contributed by atoms with Crippen LogP contribution in [0.15, 0.2) is 41.6 Å². The maximum absolute atomic E-state index is 12.1. The Labute approximate surface area is 128 Å². The zero-order valence-corrected chi connectivity index (χ0v) is 12.7. The highest BCUT2D eigenvalue weighted by Gasteiger charge is 2.11. The molecular formula is C16H19N3OS. The standard InChI is InChI=1S/C16H19N3OS/c20-15(17-9-8-13-6-2-1-3-7-13)14-12-21-16(18-14)19-10-4-5-11-19/h4-6,10-12H,1-3,7-9H2,(H,17,20). The molecule has 0 saturated carbocycles. The molecule has 0 spiro atoms. The molecule has 1 amide bonds. The fourth-order valence-corrected chi connectivity index (χ4v) is 3.28. The Morgan fingerprint density at radius 1 is 1.33 bits per heavy atom. The first-order chi connectivity index (χ1) is 10.3. The van der Waals surface area contributed by atoms with Crippen LogP contribution in [0.2, 0.25) is 0 Å². The van der Waals surface area contributed by atoms with Gasteiger partial charge in [-0.3, -0.25) is 4.79 Å². The predicted molar refractivity (Wildman–Crippen MR) is 84.9 cm³/mol. The summed E-state index contributed by atoms with van der Waals surface area (Å²) < 4.78 is 1.91. The Bertz CT molecular complexity index is 628. The van der Waals surface area contributed by atoms with E-state index in [9.17, 15) is 4.79 Å². The number of rotatable bonds is 5. The fraction of sp³-hybridized carbons (Fsp3) is 0.375. The van der Waals surface area contributed by atoms with Crippen molar-refractivity contribution in [2.45, 2.75) is 32.1 Å². The fourth-order valence-electron chi connectivity index (χ4n) is 2.51. The van der Waals surface area contributed by atoms with E-state index in [0.717, 1.165) is 11.6 Å². The van der Waals surface area contributed by atoms with Gasteiger partial charge in [0.05, 0.1) is 0 Å². The Morgan fingerprint density at radius 3 is 2.95 bits per heavy atom. The molecule has 2 heterocycles. The van der Waals surface area contributed by atoms with Gasteiger partial charge in [-0.15, -0.1) is 11.3 Å². The third kappa shape index (κ3) is 3.61. The number of thiazole rings is 1. The molecule has 2 aromatic rings. The van der Waals surface area contributed by atoms with Gasteiger partial charge in [-0.1, -0.05) is 11.6 Å². The van der Waals surface area contributed by atoms with E-state index in [2.05, 4.69) is 16.4 Å². The summed E-state index contributed by atoms with van der Waals surface area (Å²) >= 11 is 1.48. The summed E-state index contributed by atoms with van der Waals surface area (Å²) in [7, 11) is 0. The molecule has 4 nitrogen and oxygen atoms in total. The maximum Gasteiger partial charge on any atom is 0.270 e. The van der Waals surface area contributed by atoms with Crippen LogP contribution in [0.25, 0.3) is 5.13 Å². The normalized spacial score (nSPS) is 14.8. The molecule has 0 unspecified atom stereocenters. The zero-order valence-electron chi connectivity index (χ0n) is 11.9. The number of nitrogens with zero attached hydrogens (tertiary/aromatic N) is 2. The summed E-state index contributed by atoms with van der Waals surface area (Å²) in [6.07, 6.45) is 12.1. The van der Waals surface area contributed by atoms with Gasteiger partial charge < -0.3 is 9.88 Å². The predicted octanol–water partition coefficient (Wildman–Crippen LogP) is 3.55. The van der Waals surface area contributed by atoms with Crippen LogP contribution in [-0.4, -0.2) is 22.0 Å². The first-order valence-corrected chi connectivity index (χ1v) is 8.26. The smallest absolute Gasteiger partial charge is 0.270 e. The number of allylic oxidation sites excluding steroid dienone is 1. The van der Waals surface area contributed by atoms with Crippen molar-refractivity contribution in [1.82, 2.24) is 14.9 Å². The molecule has 0 bridgehead atoms. The number of carbonyl (C=O) groups excluding carboxylic acids is 1. The van der Waals surface area contributed by atoms with Gasteiger partial charge in [0.1, 0.15) is 5.69 Å². The third-order valence-electron chi connectivity index (χ3n) is 3.67. The number of carbonyl (C=O) groups is 1. The second-order valence-corrected chi connectivity index (χ2v) is 6.06. The number of nitrogens with one attached hydrogen (secondary N) is 1. The van der Waals surface area contributed by atoms with Gasteiger partial charge in [-0.05, 0) is 44.2 Å². The highest BCUT2D eigenvalue weighted by Crippen LogP contribution is 2.19. The van der Waals surface area contributed by atoms with Crippen LogP contribution in [0.4, 0.5) is 0 Å². The second kappa shape index (κ2) is 6.72. The number of aromatic nitrogens is 2. The van der Waals surface area contributed by atoms with Crippen molar-refractivity contribution in [3.05, 3.63) is 47.2 Å². The Kier molecular flexibility index (Phi) is 4.50. The monoisotopic (exact) mass is 301 g/mol. The highest BCUT2D eigenvalue weighted by atomic mass is 32.1. The Hall–Kier alpha value is -1.88. The SMILES string of the molecule is O=C(NCCC1=CCCCC1)c1csc(-n2cccc2)n1. The lowest BCUT2D eigenvalue weighted by molar-refractivity contribution is 0.0949. The van der Waals surface area contributed by atoms with Crippen LogP contribution in [-0.2, 0) is 0 Å². The van der Waals surface area contributed by atoms with Crippen LogP contribution in [0.3, 0.4) is 0 Å². The molecule has 2 aromatic heterocycles. The van der Waals surface area contributed by atoms with Crippen LogP contribution in [0.5, 0.6) is 0 Å². The summed E-state index contributed by atoms with van der Waals surface area (Å²) in [6.45, 7) is 0.695. The first-order valence-electron chi connectivity index (χ1n) is 7.38. The van der Waals surface area contributed by atoms with Crippen molar-refractivity contribution in [2.24, 2.45) is 0 Å². The minimum atomic E-state index is -0.0823. The van der Waals surface area contributed by atoms with Crippen molar-refractivity contribution in [3.8, 4) is 5.13 Å².